The van der Waals surface area contributed by atoms with Crippen LogP contribution >= 0.6 is 43.2 Å². The number of hydrogen-bond donors (Lipinski definition) is 2. The maximum atomic E-state index is 12.0. The number of nitrogens with two attached hydrogens (primary N) is 1. The first kappa shape index (κ1) is 13.6. The molecule has 18 heavy (non-hydrogen) atoms. The minimum Gasteiger partial charge on any atom is -0.399 e. The van der Waals surface area contributed by atoms with E-state index in [1.165, 1.54) is 11.3 Å². The zero-order valence-electron chi connectivity index (χ0n) is 9.46. The molecule has 0 fully saturated rings. The van der Waals surface area contributed by atoms with Crippen LogP contribution in [0.1, 0.15) is 15.2 Å². The van der Waals surface area contributed by atoms with Crippen molar-refractivity contribution in [2.75, 3.05) is 11.1 Å². The summed E-state index contributed by atoms with van der Waals surface area (Å²) >= 11 is 8.11. The molecule has 0 aliphatic rings. The molecule has 0 unspecified atom stereocenters. The summed E-state index contributed by atoms with van der Waals surface area (Å²) in [5.74, 6) is -0.129. The Labute approximate surface area is 126 Å². The van der Waals surface area contributed by atoms with Crippen LogP contribution in [0.2, 0.25) is 0 Å². The van der Waals surface area contributed by atoms with Gasteiger partial charge in [0.2, 0.25) is 0 Å². The van der Waals surface area contributed by atoms with Gasteiger partial charge in [-0.15, -0.1) is 11.3 Å². The van der Waals surface area contributed by atoms with Crippen molar-refractivity contribution in [3.05, 3.63) is 43.0 Å². The number of rotatable bonds is 2. The van der Waals surface area contributed by atoms with Gasteiger partial charge in [-0.25, -0.2) is 0 Å². The maximum Gasteiger partial charge on any atom is 0.265 e. The normalized spacial score (nSPS) is 10.4. The number of amides is 1. The number of hydrogen-bond acceptors (Lipinski definition) is 3. The fourth-order valence-electron chi connectivity index (χ4n) is 1.40. The fourth-order valence-corrected chi connectivity index (χ4v) is 3.34. The molecule has 1 heterocycles. The predicted molar refractivity (Wildman–Crippen MR) is 83.3 cm³/mol. The number of halogens is 2. The van der Waals surface area contributed by atoms with Crippen LogP contribution in [0.25, 0.3) is 0 Å². The van der Waals surface area contributed by atoms with E-state index in [0.717, 1.165) is 25.2 Å². The van der Waals surface area contributed by atoms with Gasteiger partial charge in [0.15, 0.2) is 0 Å². The molecule has 0 atom stereocenters. The number of nitrogens with one attached hydrogen (secondary N) is 1. The molecule has 3 N–H and O–H groups in total. The summed E-state index contributed by atoms with van der Waals surface area (Å²) in [4.78, 5) is 12.6. The quantitative estimate of drug-likeness (QED) is 0.747. The second-order valence-corrected chi connectivity index (χ2v) is 6.98. The zero-order chi connectivity index (χ0) is 13.3. The van der Waals surface area contributed by atoms with Gasteiger partial charge >= 0.3 is 0 Å². The fraction of sp³-hybridized carbons (Fsp3) is 0.0833. The first-order chi connectivity index (χ1) is 8.47. The molecular weight excluding hydrogens is 380 g/mol. The smallest absolute Gasteiger partial charge is 0.265 e. The van der Waals surface area contributed by atoms with Gasteiger partial charge in [0.25, 0.3) is 5.91 Å². The SMILES string of the molecule is Cc1cc(NC(=O)c2cc(Br)c(Br)s2)ccc1N. The maximum absolute atomic E-state index is 12.0. The van der Waals surface area contributed by atoms with Crippen LogP contribution in [-0.2, 0) is 0 Å². The van der Waals surface area contributed by atoms with Gasteiger partial charge in [0.05, 0.1) is 8.66 Å². The molecule has 94 valence electrons. The number of thiophene rings is 1. The number of aryl methyl sites for hydroxylation is 1. The van der Waals surface area contributed by atoms with Crippen LogP contribution in [0.3, 0.4) is 0 Å². The van der Waals surface area contributed by atoms with Crippen molar-refractivity contribution in [2.24, 2.45) is 0 Å². The lowest BCUT2D eigenvalue weighted by Gasteiger charge is -2.06. The molecule has 0 saturated carbocycles. The summed E-state index contributed by atoms with van der Waals surface area (Å²) in [6, 6.07) is 7.21. The summed E-state index contributed by atoms with van der Waals surface area (Å²) in [5.41, 5.74) is 8.14. The predicted octanol–water partition coefficient (Wildman–Crippen LogP) is 4.42. The Morgan fingerprint density at radius 1 is 1.33 bits per heavy atom. The third-order valence-corrected chi connectivity index (χ3v) is 5.65. The van der Waals surface area contributed by atoms with Crippen molar-refractivity contribution in [2.45, 2.75) is 6.92 Å². The Morgan fingerprint density at radius 2 is 2.06 bits per heavy atom. The third-order valence-electron chi connectivity index (χ3n) is 2.40. The van der Waals surface area contributed by atoms with Crippen LogP contribution < -0.4 is 11.1 Å². The number of benzene rings is 1. The van der Waals surface area contributed by atoms with Gasteiger partial charge in [-0.3, -0.25) is 4.79 Å². The highest BCUT2D eigenvalue weighted by Crippen LogP contribution is 2.32. The summed E-state index contributed by atoms with van der Waals surface area (Å²) < 4.78 is 1.78. The highest BCUT2D eigenvalue weighted by Gasteiger charge is 2.12. The average molecular weight is 390 g/mol. The summed E-state index contributed by atoms with van der Waals surface area (Å²) in [7, 11) is 0. The van der Waals surface area contributed by atoms with Crippen molar-refractivity contribution in [3.8, 4) is 0 Å². The van der Waals surface area contributed by atoms with E-state index in [9.17, 15) is 4.79 Å². The molecule has 0 aliphatic carbocycles. The number of carbonyl (C=O) groups is 1. The summed E-state index contributed by atoms with van der Waals surface area (Å²) in [5, 5.41) is 2.84. The van der Waals surface area contributed by atoms with E-state index in [4.69, 9.17) is 5.73 Å². The molecule has 0 aliphatic heterocycles. The second-order valence-electron chi connectivity index (χ2n) is 3.76. The van der Waals surface area contributed by atoms with E-state index in [0.29, 0.717) is 4.88 Å². The highest BCUT2D eigenvalue weighted by molar-refractivity contribution is 9.13. The molecule has 0 radical (unpaired) electrons. The Morgan fingerprint density at radius 3 is 2.61 bits per heavy atom. The lowest BCUT2D eigenvalue weighted by atomic mass is 10.2. The van der Waals surface area contributed by atoms with Crippen molar-refractivity contribution >= 4 is 60.5 Å². The topological polar surface area (TPSA) is 55.1 Å². The minimum absolute atomic E-state index is 0.129. The Bertz CT molecular complexity index is 591. The standard InChI is InChI=1S/C12H10Br2N2OS/c1-6-4-7(2-3-9(6)15)16-12(17)10-5-8(13)11(14)18-10/h2-5H,15H2,1H3,(H,16,17). The second kappa shape index (κ2) is 5.42. The van der Waals surface area contributed by atoms with E-state index in [1.54, 1.807) is 18.2 Å². The first-order valence-corrected chi connectivity index (χ1v) is 7.50. The van der Waals surface area contributed by atoms with Gasteiger partial charge in [-0.2, -0.15) is 0 Å². The molecule has 0 saturated heterocycles. The molecule has 2 rings (SSSR count). The molecular formula is C12H10Br2N2OS. The third kappa shape index (κ3) is 2.93. The van der Waals surface area contributed by atoms with Crippen LogP contribution in [0.4, 0.5) is 11.4 Å². The van der Waals surface area contributed by atoms with Crippen molar-refractivity contribution in [3.63, 3.8) is 0 Å². The molecule has 1 amide bonds. The summed E-state index contributed by atoms with van der Waals surface area (Å²) in [6.07, 6.45) is 0. The monoisotopic (exact) mass is 388 g/mol. The molecule has 1 aromatic heterocycles. The van der Waals surface area contributed by atoms with Gasteiger partial charge < -0.3 is 11.1 Å². The minimum atomic E-state index is -0.129. The van der Waals surface area contributed by atoms with Crippen molar-refractivity contribution < 1.29 is 4.79 Å². The lowest BCUT2D eigenvalue weighted by Crippen LogP contribution is -2.10. The van der Waals surface area contributed by atoms with E-state index >= 15 is 0 Å². The van der Waals surface area contributed by atoms with E-state index in [-0.39, 0.29) is 5.91 Å². The average Bonchev–Trinajstić information content (AvgIpc) is 2.65. The molecule has 3 nitrogen and oxygen atoms in total. The number of anilines is 2. The Balaban J connectivity index is 2.18. The summed E-state index contributed by atoms with van der Waals surface area (Å²) in [6.45, 7) is 1.91. The number of nitrogen functional groups attached to an aromatic ring is 1. The van der Waals surface area contributed by atoms with E-state index in [2.05, 4.69) is 37.2 Å². The molecule has 0 spiro atoms. The van der Waals surface area contributed by atoms with Gasteiger partial charge in [-0.05, 0) is 68.6 Å². The van der Waals surface area contributed by atoms with Crippen LogP contribution in [0.15, 0.2) is 32.5 Å². The van der Waals surface area contributed by atoms with Crippen LogP contribution in [-0.4, -0.2) is 5.91 Å². The highest BCUT2D eigenvalue weighted by atomic mass is 79.9. The van der Waals surface area contributed by atoms with Gasteiger partial charge in [0, 0.05) is 15.8 Å². The van der Waals surface area contributed by atoms with Crippen molar-refractivity contribution in [1.82, 2.24) is 0 Å². The van der Waals surface area contributed by atoms with Crippen molar-refractivity contribution in [1.29, 1.82) is 0 Å². The van der Waals surface area contributed by atoms with Crippen LogP contribution in [0.5, 0.6) is 0 Å². The Hall–Kier alpha value is -0.850. The molecule has 0 bridgehead atoms. The lowest BCUT2D eigenvalue weighted by molar-refractivity contribution is 0.103. The zero-order valence-corrected chi connectivity index (χ0v) is 13.4. The Kier molecular flexibility index (Phi) is 4.09. The molecule has 2 aromatic rings. The largest absolute Gasteiger partial charge is 0.399 e. The van der Waals surface area contributed by atoms with Gasteiger partial charge in [-0.1, -0.05) is 0 Å². The van der Waals surface area contributed by atoms with Crippen LogP contribution in [0, 0.1) is 6.92 Å². The van der Waals surface area contributed by atoms with Gasteiger partial charge in [0.1, 0.15) is 0 Å². The number of carbonyl (C=O) groups excluding carboxylic acids is 1. The van der Waals surface area contributed by atoms with E-state index in [1.807, 2.05) is 13.0 Å². The molecule has 6 heteroatoms. The molecule has 1 aromatic carbocycles. The first-order valence-electron chi connectivity index (χ1n) is 5.09. The van der Waals surface area contributed by atoms with E-state index < -0.39 is 0 Å².